The third-order valence-corrected chi connectivity index (χ3v) is 6.55. The maximum absolute atomic E-state index is 14.8. The van der Waals surface area contributed by atoms with Gasteiger partial charge < -0.3 is 15.0 Å². The second kappa shape index (κ2) is 10.0. The average Bonchev–Trinajstić information content (AvgIpc) is 3.04. The van der Waals surface area contributed by atoms with Crippen LogP contribution in [0.5, 0.6) is 0 Å². The minimum Gasteiger partial charge on any atom is -0.442 e. The number of cyclic esters (lactones) is 1. The summed E-state index contributed by atoms with van der Waals surface area (Å²) in [6.45, 7) is 3.75. The predicted molar refractivity (Wildman–Crippen MR) is 113 cm³/mol. The van der Waals surface area contributed by atoms with E-state index in [0.717, 1.165) is 19.3 Å². The standard InChI is InChI=1S/C20H28FN3O4S.H2/c1-2-5-19(25)22-13-16-14-24(20(26)28-16)15-6-7-18(17(21)12-15)23-8-3-10-29(27)11-4-9-23;/h6-7,12,16H,2-5,8-11,13-14H2,1H3,(H,22,25);1H/t16-;/m0./s1. The quantitative estimate of drug-likeness (QED) is 0.755. The molecule has 0 saturated carbocycles. The highest BCUT2D eigenvalue weighted by molar-refractivity contribution is 7.84. The number of carbonyl (C=O) groups excluding carboxylic acids is 2. The lowest BCUT2D eigenvalue weighted by atomic mass is 10.2. The molecule has 0 bridgehead atoms. The van der Waals surface area contributed by atoms with E-state index in [1.807, 2.05) is 11.8 Å². The number of hydrogen-bond acceptors (Lipinski definition) is 5. The maximum atomic E-state index is 14.8. The van der Waals surface area contributed by atoms with Gasteiger partial charge in [0.05, 0.1) is 24.5 Å². The number of nitrogens with one attached hydrogen (secondary N) is 1. The molecule has 3 rings (SSSR count). The van der Waals surface area contributed by atoms with Crippen molar-refractivity contribution in [3.8, 4) is 0 Å². The highest BCUT2D eigenvalue weighted by Gasteiger charge is 2.33. The topological polar surface area (TPSA) is 79.0 Å². The molecule has 29 heavy (non-hydrogen) atoms. The number of benzene rings is 1. The van der Waals surface area contributed by atoms with Gasteiger partial charge in [0.2, 0.25) is 5.91 Å². The second-order valence-electron chi connectivity index (χ2n) is 7.35. The number of rotatable bonds is 6. The average molecular weight is 428 g/mol. The molecule has 2 amide bonds. The Morgan fingerprint density at radius 1 is 1.34 bits per heavy atom. The fraction of sp³-hybridized carbons (Fsp3) is 0.600. The van der Waals surface area contributed by atoms with Crippen LogP contribution in [0.4, 0.5) is 20.6 Å². The third-order valence-electron chi connectivity index (χ3n) is 5.06. The number of anilines is 2. The van der Waals surface area contributed by atoms with Crippen LogP contribution < -0.4 is 15.1 Å². The molecule has 0 aromatic heterocycles. The Morgan fingerprint density at radius 2 is 2.07 bits per heavy atom. The zero-order valence-corrected chi connectivity index (χ0v) is 17.5. The summed E-state index contributed by atoms with van der Waals surface area (Å²) in [5.74, 6) is 0.823. The zero-order valence-electron chi connectivity index (χ0n) is 16.7. The molecule has 1 N–H and O–H groups in total. The van der Waals surface area contributed by atoms with E-state index in [-0.39, 0.29) is 20.4 Å². The molecule has 0 spiro atoms. The highest BCUT2D eigenvalue weighted by atomic mass is 32.2. The largest absolute Gasteiger partial charge is 0.442 e. The molecule has 0 radical (unpaired) electrons. The van der Waals surface area contributed by atoms with E-state index in [2.05, 4.69) is 5.32 Å². The van der Waals surface area contributed by atoms with Crippen molar-refractivity contribution in [1.82, 2.24) is 5.32 Å². The summed E-state index contributed by atoms with van der Waals surface area (Å²) in [4.78, 5) is 27.2. The van der Waals surface area contributed by atoms with Crippen molar-refractivity contribution in [2.75, 3.05) is 47.5 Å². The molecule has 2 fully saturated rings. The molecule has 7 nitrogen and oxygen atoms in total. The first kappa shape index (κ1) is 21.5. The van der Waals surface area contributed by atoms with Gasteiger partial charge in [0.1, 0.15) is 11.9 Å². The molecule has 1 aromatic carbocycles. The number of halogens is 1. The van der Waals surface area contributed by atoms with E-state index >= 15 is 0 Å². The summed E-state index contributed by atoms with van der Waals surface area (Å²) in [6.07, 6.45) is 1.71. The molecule has 2 saturated heterocycles. The predicted octanol–water partition coefficient (Wildman–Crippen LogP) is 2.66. The van der Waals surface area contributed by atoms with Gasteiger partial charge in [0, 0.05) is 43.2 Å². The summed E-state index contributed by atoms with van der Waals surface area (Å²) in [6, 6.07) is 4.76. The number of hydrogen-bond donors (Lipinski definition) is 1. The van der Waals surface area contributed by atoms with E-state index in [9.17, 15) is 18.2 Å². The summed E-state index contributed by atoms with van der Waals surface area (Å²) >= 11 is 0. The minimum absolute atomic E-state index is 0. The van der Waals surface area contributed by atoms with E-state index in [1.165, 1.54) is 11.0 Å². The molecule has 2 heterocycles. The summed E-state index contributed by atoms with van der Waals surface area (Å²) in [5, 5.41) is 2.75. The monoisotopic (exact) mass is 427 g/mol. The van der Waals surface area contributed by atoms with Gasteiger partial charge in [-0.1, -0.05) is 6.92 Å². The van der Waals surface area contributed by atoms with Gasteiger partial charge >= 0.3 is 6.09 Å². The molecule has 162 valence electrons. The van der Waals surface area contributed by atoms with Gasteiger partial charge in [0.25, 0.3) is 0 Å². The van der Waals surface area contributed by atoms with Crippen LogP contribution in [-0.4, -0.2) is 60.0 Å². The summed E-state index contributed by atoms with van der Waals surface area (Å²) in [7, 11) is -0.769. The van der Waals surface area contributed by atoms with E-state index in [4.69, 9.17) is 4.74 Å². The SMILES string of the molecule is CCCC(=O)NC[C@H]1CN(c2ccc(N3CCCS(=O)CCC3)c(F)c2)C(=O)O1.[HH]. The first-order valence-electron chi connectivity index (χ1n) is 10.1. The van der Waals surface area contributed by atoms with E-state index < -0.39 is 28.8 Å². The molecule has 0 aliphatic carbocycles. The van der Waals surface area contributed by atoms with Crippen LogP contribution in [0.3, 0.4) is 0 Å². The Balaban J connectivity index is 0.00000320. The fourth-order valence-electron chi connectivity index (χ4n) is 3.59. The molecule has 9 heteroatoms. The van der Waals surface area contributed by atoms with Crippen molar-refractivity contribution in [3.05, 3.63) is 24.0 Å². The minimum atomic E-state index is -0.769. The lowest BCUT2D eigenvalue weighted by Crippen LogP contribution is -2.34. The Kier molecular flexibility index (Phi) is 7.46. The maximum Gasteiger partial charge on any atom is 0.414 e. The van der Waals surface area contributed by atoms with Gasteiger partial charge in [-0.3, -0.25) is 13.9 Å². The second-order valence-corrected chi connectivity index (χ2v) is 9.04. The number of amides is 2. The third kappa shape index (κ3) is 5.68. The lowest BCUT2D eigenvalue weighted by Gasteiger charge is -2.27. The van der Waals surface area contributed by atoms with E-state index in [0.29, 0.717) is 42.4 Å². The normalized spacial score (nSPS) is 20.9. The molecule has 2 aliphatic heterocycles. The number of carbonyl (C=O) groups is 2. The molecule has 2 aliphatic rings. The number of ether oxygens (including phenoxy) is 1. The van der Waals surface area contributed by atoms with Crippen LogP contribution in [0.25, 0.3) is 0 Å². The number of nitrogens with zero attached hydrogens (tertiary/aromatic N) is 2. The Hall–Kier alpha value is -2.16. The van der Waals surface area contributed by atoms with Gasteiger partial charge in [0.15, 0.2) is 0 Å². The van der Waals surface area contributed by atoms with Crippen molar-refractivity contribution >= 4 is 34.2 Å². The van der Waals surface area contributed by atoms with Crippen molar-refractivity contribution in [2.24, 2.45) is 0 Å². The molecular weight excluding hydrogens is 397 g/mol. The van der Waals surface area contributed by atoms with Crippen LogP contribution in [0.1, 0.15) is 34.0 Å². The van der Waals surface area contributed by atoms with Crippen LogP contribution >= 0.6 is 0 Å². The Labute approximate surface area is 174 Å². The highest BCUT2D eigenvalue weighted by Crippen LogP contribution is 2.28. The van der Waals surface area contributed by atoms with Crippen LogP contribution in [0.15, 0.2) is 18.2 Å². The van der Waals surface area contributed by atoms with Crippen molar-refractivity contribution in [1.29, 1.82) is 0 Å². The first-order valence-corrected chi connectivity index (χ1v) is 11.6. The van der Waals surface area contributed by atoms with Crippen LogP contribution in [0.2, 0.25) is 0 Å². The molecule has 0 unspecified atom stereocenters. The van der Waals surface area contributed by atoms with Gasteiger partial charge in [-0.25, -0.2) is 9.18 Å². The van der Waals surface area contributed by atoms with Crippen molar-refractivity contribution in [2.45, 2.75) is 38.7 Å². The fourth-order valence-corrected chi connectivity index (χ4v) is 4.70. The van der Waals surface area contributed by atoms with Crippen LogP contribution in [0, 0.1) is 5.82 Å². The lowest BCUT2D eigenvalue weighted by molar-refractivity contribution is -0.121. The molecule has 1 aromatic rings. The summed E-state index contributed by atoms with van der Waals surface area (Å²) in [5.41, 5.74) is 0.934. The summed E-state index contributed by atoms with van der Waals surface area (Å²) < 4.78 is 31.8. The molecule has 1 atom stereocenters. The smallest absolute Gasteiger partial charge is 0.414 e. The molecular formula is C20H30FN3O4S. The van der Waals surface area contributed by atoms with Gasteiger partial charge in [-0.2, -0.15) is 0 Å². The van der Waals surface area contributed by atoms with Crippen molar-refractivity contribution < 1.29 is 24.4 Å². The zero-order chi connectivity index (χ0) is 20.8. The Morgan fingerprint density at radius 3 is 2.72 bits per heavy atom. The van der Waals surface area contributed by atoms with Crippen LogP contribution in [-0.2, 0) is 20.3 Å². The Bertz CT molecular complexity index is 770. The van der Waals surface area contributed by atoms with Gasteiger partial charge in [-0.15, -0.1) is 0 Å². The van der Waals surface area contributed by atoms with Gasteiger partial charge in [-0.05, 0) is 37.5 Å². The first-order chi connectivity index (χ1) is 14.0. The van der Waals surface area contributed by atoms with Crippen molar-refractivity contribution in [3.63, 3.8) is 0 Å². The van der Waals surface area contributed by atoms with E-state index in [1.54, 1.807) is 12.1 Å².